The second-order valence-electron chi connectivity index (χ2n) is 9.38. The molecule has 1 nitrogen and oxygen atoms in total. The van der Waals surface area contributed by atoms with Crippen LogP contribution in [0, 0.1) is 27.7 Å². The van der Waals surface area contributed by atoms with E-state index in [0.717, 1.165) is 18.4 Å². The summed E-state index contributed by atoms with van der Waals surface area (Å²) >= 11 is 0. The van der Waals surface area contributed by atoms with Gasteiger partial charge in [-0.05, 0) is 124 Å². The third-order valence-corrected chi connectivity index (χ3v) is 6.35. The van der Waals surface area contributed by atoms with Gasteiger partial charge in [-0.15, -0.1) is 0 Å². The summed E-state index contributed by atoms with van der Waals surface area (Å²) in [6, 6.07) is 11.5. The molecule has 0 N–H and O–H groups in total. The molecule has 0 amide bonds. The van der Waals surface area contributed by atoms with Crippen LogP contribution in [0.2, 0.25) is 0 Å². The highest BCUT2D eigenvalue weighted by Gasteiger charge is 2.09. The molecule has 0 bridgehead atoms. The Morgan fingerprint density at radius 3 is 2.36 bits per heavy atom. The van der Waals surface area contributed by atoms with Gasteiger partial charge in [0.05, 0.1) is 5.52 Å². The monoisotopic (exact) mass is 435 g/mol. The lowest BCUT2D eigenvalue weighted by atomic mass is 9.91. The molecular weight excluding hydrogens is 398 g/mol. The van der Waals surface area contributed by atoms with Gasteiger partial charge in [-0.3, -0.25) is 4.98 Å². The largest absolute Gasteiger partial charge is 0.256 e. The maximum Gasteiger partial charge on any atom is 0.0731 e. The van der Waals surface area contributed by atoms with Crippen LogP contribution in [-0.2, 0) is 12.8 Å². The van der Waals surface area contributed by atoms with Crippen molar-refractivity contribution in [3.05, 3.63) is 118 Å². The number of fused-ring (bicyclic) bond motifs is 1. The number of aryl methyl sites for hydroxylation is 4. The molecule has 0 spiro atoms. The summed E-state index contributed by atoms with van der Waals surface area (Å²) in [5, 5.41) is 1.22. The second-order valence-corrected chi connectivity index (χ2v) is 9.38. The molecule has 3 rings (SSSR count). The van der Waals surface area contributed by atoms with Crippen molar-refractivity contribution >= 4 is 16.5 Å². The van der Waals surface area contributed by atoms with Crippen LogP contribution in [0.15, 0.2) is 78.6 Å². The fourth-order valence-electron chi connectivity index (χ4n) is 4.61. The number of aromatic nitrogens is 1. The number of allylic oxidation sites excluding steroid dienone is 7. The number of nitrogens with zero attached hydrogens (tertiary/aromatic N) is 1. The van der Waals surface area contributed by atoms with E-state index in [1.807, 2.05) is 12.3 Å². The average molecular weight is 436 g/mol. The van der Waals surface area contributed by atoms with Crippen molar-refractivity contribution in [2.24, 2.45) is 0 Å². The first-order valence-electron chi connectivity index (χ1n) is 11.8. The molecule has 33 heavy (non-hydrogen) atoms. The first-order chi connectivity index (χ1) is 15.7. The molecule has 0 saturated carbocycles. The Balaban J connectivity index is 1.90. The van der Waals surface area contributed by atoms with E-state index in [2.05, 4.69) is 109 Å². The fourth-order valence-corrected chi connectivity index (χ4v) is 4.61. The minimum atomic E-state index is 0.902. The van der Waals surface area contributed by atoms with Crippen LogP contribution < -0.4 is 0 Å². The Bertz CT molecular complexity index is 1280. The molecule has 0 unspecified atom stereocenters. The Hall–Kier alpha value is -3.19. The first-order valence-corrected chi connectivity index (χ1v) is 11.8. The SMILES string of the molecule is C=C/C=C(\C=C(/C)Cc1cc(C)c2ncc(C)cc2c1)Cc1cc(/C(C)=C\C)c(C)cc1C. The summed E-state index contributed by atoms with van der Waals surface area (Å²) in [7, 11) is 0. The second kappa shape index (κ2) is 10.6. The lowest BCUT2D eigenvalue weighted by Gasteiger charge is -2.14. The third kappa shape index (κ3) is 5.99. The standard InChI is InChI=1S/C32H37N/c1-9-11-27(17-29-19-31(23(5)10-2)25(7)15-24(29)6)12-21(3)13-28-16-26(8)32-30(18-28)14-22(4)20-33-32/h9-12,14-16,18-20H,1,13,17H2,2-8H3/b21-12+,23-10-,27-11+. The lowest BCUT2D eigenvalue weighted by molar-refractivity contribution is 1.10. The molecule has 0 aliphatic heterocycles. The predicted molar refractivity (Wildman–Crippen MR) is 146 cm³/mol. The van der Waals surface area contributed by atoms with Crippen molar-refractivity contribution in [1.29, 1.82) is 0 Å². The molecule has 0 aliphatic carbocycles. The van der Waals surface area contributed by atoms with Gasteiger partial charge in [-0.1, -0.05) is 54.7 Å². The van der Waals surface area contributed by atoms with E-state index >= 15 is 0 Å². The molecular formula is C32H37N. The molecule has 0 saturated heterocycles. The molecule has 1 aromatic heterocycles. The van der Waals surface area contributed by atoms with Gasteiger partial charge in [0.25, 0.3) is 0 Å². The quantitative estimate of drug-likeness (QED) is 0.338. The molecule has 0 radical (unpaired) electrons. The summed E-state index contributed by atoms with van der Waals surface area (Å²) < 4.78 is 0. The average Bonchev–Trinajstić information content (AvgIpc) is 2.74. The van der Waals surface area contributed by atoms with Gasteiger partial charge in [0, 0.05) is 11.6 Å². The van der Waals surface area contributed by atoms with E-state index < -0.39 is 0 Å². The molecule has 3 aromatic rings. The van der Waals surface area contributed by atoms with Crippen LogP contribution in [-0.4, -0.2) is 4.98 Å². The Labute approximate surface area is 200 Å². The van der Waals surface area contributed by atoms with Crippen molar-refractivity contribution < 1.29 is 0 Å². The first kappa shape index (κ1) is 24.5. The third-order valence-electron chi connectivity index (χ3n) is 6.35. The summed E-state index contributed by atoms with van der Waals surface area (Å²) in [6.07, 6.45) is 12.3. The van der Waals surface area contributed by atoms with Crippen molar-refractivity contribution in [2.45, 2.75) is 61.3 Å². The zero-order valence-corrected chi connectivity index (χ0v) is 21.3. The van der Waals surface area contributed by atoms with Crippen molar-refractivity contribution in [3.8, 4) is 0 Å². The lowest BCUT2D eigenvalue weighted by Crippen LogP contribution is -1.98. The van der Waals surface area contributed by atoms with E-state index in [1.165, 1.54) is 61.0 Å². The molecule has 2 aromatic carbocycles. The normalized spacial score (nSPS) is 13.0. The van der Waals surface area contributed by atoms with Crippen molar-refractivity contribution in [2.75, 3.05) is 0 Å². The summed E-state index contributed by atoms with van der Waals surface area (Å²) in [5.74, 6) is 0. The van der Waals surface area contributed by atoms with Gasteiger partial charge in [0.1, 0.15) is 0 Å². The maximum atomic E-state index is 4.62. The summed E-state index contributed by atoms with van der Waals surface area (Å²) in [6.45, 7) is 19.2. The maximum absolute atomic E-state index is 4.62. The number of hydrogen-bond donors (Lipinski definition) is 0. The molecule has 0 atom stereocenters. The van der Waals surface area contributed by atoms with Crippen LogP contribution >= 0.6 is 0 Å². The van der Waals surface area contributed by atoms with Gasteiger partial charge in [0.2, 0.25) is 0 Å². The van der Waals surface area contributed by atoms with Crippen LogP contribution in [0.25, 0.3) is 16.5 Å². The summed E-state index contributed by atoms with van der Waals surface area (Å²) in [5.41, 5.74) is 14.2. The molecule has 0 aliphatic rings. The molecule has 0 fully saturated rings. The van der Waals surface area contributed by atoms with Crippen LogP contribution in [0.3, 0.4) is 0 Å². The van der Waals surface area contributed by atoms with Crippen LogP contribution in [0.4, 0.5) is 0 Å². The minimum absolute atomic E-state index is 0.902. The highest BCUT2D eigenvalue weighted by atomic mass is 14.7. The highest BCUT2D eigenvalue weighted by Crippen LogP contribution is 2.26. The van der Waals surface area contributed by atoms with Crippen molar-refractivity contribution in [1.82, 2.24) is 4.98 Å². The molecule has 1 heteroatoms. The van der Waals surface area contributed by atoms with E-state index in [1.54, 1.807) is 0 Å². The van der Waals surface area contributed by atoms with E-state index in [4.69, 9.17) is 0 Å². The summed E-state index contributed by atoms with van der Waals surface area (Å²) in [4.78, 5) is 4.62. The van der Waals surface area contributed by atoms with Gasteiger partial charge in [-0.2, -0.15) is 0 Å². The Morgan fingerprint density at radius 1 is 0.909 bits per heavy atom. The Morgan fingerprint density at radius 2 is 1.67 bits per heavy atom. The number of hydrogen-bond acceptors (Lipinski definition) is 1. The molecule has 170 valence electrons. The smallest absolute Gasteiger partial charge is 0.0731 e. The predicted octanol–water partition coefficient (Wildman–Crippen LogP) is 8.74. The van der Waals surface area contributed by atoms with Crippen LogP contribution in [0.1, 0.15) is 59.7 Å². The highest BCUT2D eigenvalue weighted by molar-refractivity contribution is 5.83. The van der Waals surface area contributed by atoms with Gasteiger partial charge in [-0.25, -0.2) is 0 Å². The number of benzene rings is 2. The fraction of sp³-hybridized carbons (Fsp3) is 0.281. The van der Waals surface area contributed by atoms with E-state index in [9.17, 15) is 0 Å². The Kier molecular flexibility index (Phi) is 7.87. The number of rotatable bonds is 7. The topological polar surface area (TPSA) is 12.9 Å². The number of pyridine rings is 1. The minimum Gasteiger partial charge on any atom is -0.256 e. The van der Waals surface area contributed by atoms with Gasteiger partial charge in [0.15, 0.2) is 0 Å². The van der Waals surface area contributed by atoms with Gasteiger partial charge < -0.3 is 0 Å². The van der Waals surface area contributed by atoms with Crippen molar-refractivity contribution in [3.63, 3.8) is 0 Å². The van der Waals surface area contributed by atoms with E-state index in [-0.39, 0.29) is 0 Å². The van der Waals surface area contributed by atoms with Crippen LogP contribution in [0.5, 0.6) is 0 Å². The zero-order valence-electron chi connectivity index (χ0n) is 21.3. The van der Waals surface area contributed by atoms with Gasteiger partial charge >= 0.3 is 0 Å². The zero-order chi connectivity index (χ0) is 24.1. The van der Waals surface area contributed by atoms with E-state index in [0.29, 0.717) is 0 Å². The molecule has 1 heterocycles.